The van der Waals surface area contributed by atoms with Crippen molar-refractivity contribution in [2.45, 2.75) is 75.8 Å². The number of nitrogens with zero attached hydrogens (tertiary/aromatic N) is 2. The van der Waals surface area contributed by atoms with Gasteiger partial charge in [-0.2, -0.15) is 0 Å². The number of imidazole rings is 1. The lowest BCUT2D eigenvalue weighted by Crippen LogP contribution is -2.51. The largest absolute Gasteiger partial charge is 0.508 e. The van der Waals surface area contributed by atoms with Crippen LogP contribution < -0.4 is 16.2 Å². The van der Waals surface area contributed by atoms with Crippen molar-refractivity contribution in [2.24, 2.45) is 5.92 Å². The number of ether oxygens (including phenoxy) is 1. The topological polar surface area (TPSA) is 97.5 Å². The number of nitrogens with one attached hydrogen (secondary N) is 4. The molecule has 0 spiro atoms. The van der Waals surface area contributed by atoms with E-state index in [1.165, 1.54) is 5.57 Å². The standard InChI is InChI=1S/C29H41FN6O2/c1-3-18-12-21(37)6-7-22(18)23-8-9-24-27(26(23)30)34-35-28(24)29-32-13-25(33-29)19-5-4-17(2)36(14-19)15-20-16-38-11-10-31-20/h5-7,12-13,17,20,23-24,26-28,31,34-35,37H,3-4,8-11,14-16H2,1-2H3,(H,32,33)/t17-,20-,23?,24?,26?,27?,28?/m0/s1. The number of morpholine rings is 1. The molecular weight excluding hydrogens is 483 g/mol. The van der Waals surface area contributed by atoms with Gasteiger partial charge >= 0.3 is 0 Å². The lowest BCUT2D eigenvalue weighted by Gasteiger charge is -2.37. The van der Waals surface area contributed by atoms with Crippen molar-refractivity contribution in [1.29, 1.82) is 0 Å². The summed E-state index contributed by atoms with van der Waals surface area (Å²) >= 11 is 0. The molecule has 0 amide bonds. The van der Waals surface area contributed by atoms with Crippen LogP contribution in [0.1, 0.15) is 67.7 Å². The average Bonchev–Trinajstić information content (AvgIpc) is 3.59. The second kappa shape index (κ2) is 11.1. The van der Waals surface area contributed by atoms with Crippen LogP contribution in [0.4, 0.5) is 4.39 Å². The third-order valence-corrected chi connectivity index (χ3v) is 9.13. The van der Waals surface area contributed by atoms with E-state index in [-0.39, 0.29) is 29.7 Å². The summed E-state index contributed by atoms with van der Waals surface area (Å²) in [5.41, 5.74) is 11.0. The number of hydrazine groups is 1. The maximum absolute atomic E-state index is 15.9. The molecule has 3 aliphatic heterocycles. The van der Waals surface area contributed by atoms with Gasteiger partial charge in [0.15, 0.2) is 0 Å². The molecule has 6 rings (SSSR count). The zero-order valence-electron chi connectivity index (χ0n) is 22.4. The van der Waals surface area contributed by atoms with E-state index in [0.29, 0.717) is 12.1 Å². The summed E-state index contributed by atoms with van der Waals surface area (Å²) < 4.78 is 21.6. The van der Waals surface area contributed by atoms with Gasteiger partial charge in [0.1, 0.15) is 17.7 Å². The van der Waals surface area contributed by atoms with Gasteiger partial charge in [-0.3, -0.25) is 10.3 Å². The van der Waals surface area contributed by atoms with Crippen LogP contribution in [0.5, 0.6) is 5.75 Å². The normalized spacial score (nSPS) is 34.2. The molecule has 7 atom stereocenters. The zero-order chi connectivity index (χ0) is 26.2. The molecule has 3 fully saturated rings. The van der Waals surface area contributed by atoms with Crippen molar-refractivity contribution in [3.63, 3.8) is 0 Å². The van der Waals surface area contributed by atoms with E-state index in [4.69, 9.17) is 9.72 Å². The SMILES string of the molecule is CCc1cc(O)ccc1C1CCC2C(c3ncc(C4=CC[C@H](C)N(C[C@H]5COCCN5)C4)[nH]3)NNC2C1F. The number of benzene rings is 1. The Bertz CT molecular complexity index is 1150. The number of hydrogen-bond donors (Lipinski definition) is 5. The number of phenols is 1. The number of phenolic OH excluding ortho intramolecular Hbond substituents is 1. The summed E-state index contributed by atoms with van der Waals surface area (Å²) in [4.78, 5) is 10.9. The van der Waals surface area contributed by atoms with Gasteiger partial charge in [0.25, 0.3) is 0 Å². The first-order chi connectivity index (χ1) is 18.5. The minimum Gasteiger partial charge on any atom is -0.508 e. The minimum absolute atomic E-state index is 0.0544. The van der Waals surface area contributed by atoms with E-state index < -0.39 is 6.17 Å². The molecule has 1 aliphatic carbocycles. The number of rotatable bonds is 6. The van der Waals surface area contributed by atoms with Crippen LogP contribution in [0.3, 0.4) is 0 Å². The maximum Gasteiger partial charge on any atom is 0.125 e. The highest BCUT2D eigenvalue weighted by Gasteiger charge is 2.48. The first-order valence-corrected chi connectivity index (χ1v) is 14.3. The Balaban J connectivity index is 1.13. The van der Waals surface area contributed by atoms with Crippen LogP contribution in [0.2, 0.25) is 0 Å². The predicted molar refractivity (Wildman–Crippen MR) is 145 cm³/mol. The molecule has 5 unspecified atom stereocenters. The Hall–Kier alpha value is -2.30. The third-order valence-electron chi connectivity index (χ3n) is 9.13. The number of aromatic nitrogens is 2. The number of fused-ring (bicyclic) bond motifs is 1. The molecular formula is C29H41FN6O2. The van der Waals surface area contributed by atoms with E-state index >= 15 is 4.39 Å². The first kappa shape index (κ1) is 26.0. The lowest BCUT2D eigenvalue weighted by atomic mass is 9.71. The Morgan fingerprint density at radius 2 is 2.13 bits per heavy atom. The quantitative estimate of drug-likeness (QED) is 0.396. The van der Waals surface area contributed by atoms with Gasteiger partial charge in [-0.05, 0) is 61.4 Å². The van der Waals surface area contributed by atoms with Gasteiger partial charge in [-0.15, -0.1) is 0 Å². The summed E-state index contributed by atoms with van der Waals surface area (Å²) in [6.45, 7) is 8.66. The molecule has 2 saturated heterocycles. The van der Waals surface area contributed by atoms with Crippen molar-refractivity contribution in [3.8, 4) is 5.75 Å². The average molecular weight is 525 g/mol. The predicted octanol–water partition coefficient (Wildman–Crippen LogP) is 3.19. The van der Waals surface area contributed by atoms with Crippen molar-refractivity contribution in [1.82, 2.24) is 31.0 Å². The van der Waals surface area contributed by atoms with Crippen LogP contribution in [0.25, 0.3) is 5.57 Å². The summed E-state index contributed by atoms with van der Waals surface area (Å²) in [5.74, 6) is 1.07. The molecule has 4 heterocycles. The van der Waals surface area contributed by atoms with Crippen molar-refractivity contribution in [2.75, 3.05) is 32.8 Å². The fourth-order valence-corrected chi connectivity index (χ4v) is 6.93. The zero-order valence-corrected chi connectivity index (χ0v) is 22.4. The van der Waals surface area contributed by atoms with E-state index in [0.717, 1.165) is 81.2 Å². The highest BCUT2D eigenvalue weighted by molar-refractivity contribution is 5.64. The van der Waals surface area contributed by atoms with E-state index in [1.807, 2.05) is 12.3 Å². The Morgan fingerprint density at radius 3 is 2.95 bits per heavy atom. The first-order valence-electron chi connectivity index (χ1n) is 14.3. The lowest BCUT2D eigenvalue weighted by molar-refractivity contribution is 0.0577. The molecule has 38 heavy (non-hydrogen) atoms. The van der Waals surface area contributed by atoms with Crippen molar-refractivity contribution >= 4 is 5.57 Å². The molecule has 0 radical (unpaired) electrons. The summed E-state index contributed by atoms with van der Waals surface area (Å²) in [5, 5.41) is 13.5. The molecule has 8 nitrogen and oxygen atoms in total. The molecule has 0 bridgehead atoms. The number of aromatic hydroxyl groups is 1. The maximum atomic E-state index is 15.9. The minimum atomic E-state index is -1.01. The number of hydrogen-bond acceptors (Lipinski definition) is 7. The molecule has 1 saturated carbocycles. The Labute approximate surface area is 224 Å². The van der Waals surface area contributed by atoms with Gasteiger partial charge in [0, 0.05) is 43.6 Å². The molecule has 206 valence electrons. The van der Waals surface area contributed by atoms with Crippen LogP contribution in [0.15, 0.2) is 30.5 Å². The van der Waals surface area contributed by atoms with Gasteiger partial charge in [0.2, 0.25) is 0 Å². The second-order valence-electron chi connectivity index (χ2n) is 11.5. The fourth-order valence-electron chi connectivity index (χ4n) is 6.93. The Morgan fingerprint density at radius 1 is 1.24 bits per heavy atom. The number of alkyl halides is 1. The summed E-state index contributed by atoms with van der Waals surface area (Å²) in [7, 11) is 0. The van der Waals surface area contributed by atoms with E-state index in [2.05, 4.69) is 46.0 Å². The van der Waals surface area contributed by atoms with Crippen molar-refractivity contribution < 1.29 is 14.2 Å². The van der Waals surface area contributed by atoms with Crippen LogP contribution >= 0.6 is 0 Å². The fraction of sp³-hybridized carbons (Fsp3) is 0.621. The van der Waals surface area contributed by atoms with Gasteiger partial charge in [-0.1, -0.05) is 19.1 Å². The Kier molecular flexibility index (Phi) is 7.55. The van der Waals surface area contributed by atoms with Gasteiger partial charge in [0.05, 0.1) is 37.2 Å². The summed E-state index contributed by atoms with van der Waals surface area (Å²) in [6.07, 6.45) is 6.74. The number of aromatic amines is 1. The molecule has 2 aromatic rings. The molecule has 1 aromatic carbocycles. The van der Waals surface area contributed by atoms with E-state index in [1.54, 1.807) is 12.1 Å². The highest BCUT2D eigenvalue weighted by Crippen LogP contribution is 2.45. The molecule has 4 aliphatic rings. The molecule has 1 aromatic heterocycles. The molecule has 9 heteroatoms. The molecule has 5 N–H and O–H groups in total. The smallest absolute Gasteiger partial charge is 0.125 e. The number of halogens is 1. The number of aryl methyl sites for hydroxylation is 1. The van der Waals surface area contributed by atoms with Crippen LogP contribution in [-0.4, -0.2) is 77.1 Å². The second-order valence-corrected chi connectivity index (χ2v) is 11.5. The monoisotopic (exact) mass is 524 g/mol. The van der Waals surface area contributed by atoms with Crippen LogP contribution in [0, 0.1) is 5.92 Å². The third kappa shape index (κ3) is 5.02. The van der Waals surface area contributed by atoms with Crippen molar-refractivity contribution in [3.05, 3.63) is 53.1 Å². The van der Waals surface area contributed by atoms with E-state index in [9.17, 15) is 5.11 Å². The number of H-pyrrole nitrogens is 1. The highest BCUT2D eigenvalue weighted by atomic mass is 19.1. The van der Waals surface area contributed by atoms with Gasteiger partial charge < -0.3 is 20.1 Å². The van der Waals surface area contributed by atoms with Gasteiger partial charge in [-0.25, -0.2) is 14.8 Å². The summed E-state index contributed by atoms with van der Waals surface area (Å²) in [6, 6.07) is 5.90. The van der Waals surface area contributed by atoms with Crippen LogP contribution in [-0.2, 0) is 11.2 Å².